The first-order valence-corrected chi connectivity index (χ1v) is 10.1. The fourth-order valence-electron chi connectivity index (χ4n) is 1.88. The van der Waals surface area contributed by atoms with Gasteiger partial charge in [0, 0.05) is 0 Å². The number of ketones is 2. The average molecular weight is 394 g/mol. The van der Waals surface area contributed by atoms with Crippen molar-refractivity contribution in [1.82, 2.24) is 0 Å². The van der Waals surface area contributed by atoms with Crippen LogP contribution in [-0.2, 0) is 0 Å². The van der Waals surface area contributed by atoms with Crippen molar-refractivity contribution in [3.63, 3.8) is 0 Å². The minimum absolute atomic E-state index is 0.161. The third kappa shape index (κ3) is 4.81. The van der Waals surface area contributed by atoms with Gasteiger partial charge in [0.15, 0.2) is 0 Å². The summed E-state index contributed by atoms with van der Waals surface area (Å²) >= 11 is -0.607. The molecule has 0 bridgehead atoms. The molecule has 0 unspecified atom stereocenters. The minimum atomic E-state index is -0.607. The van der Waals surface area contributed by atoms with Crippen LogP contribution in [0.5, 0.6) is 0 Å². The van der Waals surface area contributed by atoms with Crippen molar-refractivity contribution in [1.29, 1.82) is 0 Å². The molecule has 0 fully saturated rings. The zero-order valence-electron chi connectivity index (χ0n) is 12.3. The molecular formula is C18H18O2Te. The van der Waals surface area contributed by atoms with Crippen molar-refractivity contribution in [3.8, 4) is 0 Å². The number of carbonyl (C=O) groups excluding carboxylic acids is 2. The van der Waals surface area contributed by atoms with E-state index in [4.69, 9.17) is 0 Å². The maximum atomic E-state index is 12.0. The van der Waals surface area contributed by atoms with Gasteiger partial charge in [-0.1, -0.05) is 0 Å². The van der Waals surface area contributed by atoms with Crippen LogP contribution in [0.15, 0.2) is 48.5 Å². The quantitative estimate of drug-likeness (QED) is 0.550. The van der Waals surface area contributed by atoms with Gasteiger partial charge in [0.25, 0.3) is 0 Å². The van der Waals surface area contributed by atoms with E-state index in [1.807, 2.05) is 62.4 Å². The van der Waals surface area contributed by atoms with E-state index in [0.717, 1.165) is 22.3 Å². The van der Waals surface area contributed by atoms with Gasteiger partial charge in [0.1, 0.15) is 0 Å². The molecule has 0 aromatic heterocycles. The Morgan fingerprint density at radius 2 is 1.05 bits per heavy atom. The SMILES string of the molecule is Cc1ccc(C(=O)C[Te]CC(=O)c2ccc(C)cc2)cc1. The molecular weight excluding hydrogens is 376 g/mol. The Balaban J connectivity index is 1.83. The van der Waals surface area contributed by atoms with Crippen LogP contribution in [0.2, 0.25) is 8.94 Å². The Morgan fingerprint density at radius 3 is 1.38 bits per heavy atom. The summed E-state index contributed by atoms with van der Waals surface area (Å²) in [7, 11) is 0. The average Bonchev–Trinajstić information content (AvgIpc) is 2.48. The topological polar surface area (TPSA) is 34.1 Å². The van der Waals surface area contributed by atoms with Gasteiger partial charge >= 0.3 is 136 Å². The molecule has 0 radical (unpaired) electrons. The summed E-state index contributed by atoms with van der Waals surface area (Å²) in [6.07, 6.45) is 0. The van der Waals surface area contributed by atoms with Gasteiger partial charge in [0.2, 0.25) is 0 Å². The molecule has 0 amide bonds. The Hall–Kier alpha value is -1.43. The van der Waals surface area contributed by atoms with Crippen LogP contribution in [-0.4, -0.2) is 32.5 Å². The van der Waals surface area contributed by atoms with Crippen LogP contribution >= 0.6 is 0 Å². The summed E-state index contributed by atoms with van der Waals surface area (Å²) in [6, 6.07) is 15.3. The van der Waals surface area contributed by atoms with E-state index < -0.39 is 20.9 Å². The first kappa shape index (κ1) is 15.9. The van der Waals surface area contributed by atoms with Gasteiger partial charge in [-0.15, -0.1) is 0 Å². The van der Waals surface area contributed by atoms with Crippen molar-refractivity contribution < 1.29 is 9.59 Å². The molecule has 0 aliphatic carbocycles. The molecule has 0 saturated heterocycles. The maximum absolute atomic E-state index is 12.0. The van der Waals surface area contributed by atoms with E-state index in [1.165, 1.54) is 0 Å². The molecule has 3 heteroatoms. The summed E-state index contributed by atoms with van der Waals surface area (Å²) in [5.74, 6) is 0.322. The third-order valence-electron chi connectivity index (χ3n) is 3.21. The van der Waals surface area contributed by atoms with Gasteiger partial charge in [-0.2, -0.15) is 0 Å². The zero-order valence-corrected chi connectivity index (χ0v) is 14.6. The van der Waals surface area contributed by atoms with Crippen molar-refractivity contribution in [3.05, 3.63) is 70.8 Å². The van der Waals surface area contributed by atoms with E-state index >= 15 is 0 Å². The summed E-state index contributed by atoms with van der Waals surface area (Å²) in [6.45, 7) is 4.01. The monoisotopic (exact) mass is 396 g/mol. The van der Waals surface area contributed by atoms with Crippen LogP contribution in [0.1, 0.15) is 31.8 Å². The van der Waals surface area contributed by atoms with Crippen LogP contribution < -0.4 is 0 Å². The molecule has 2 nitrogen and oxygen atoms in total. The molecule has 2 aromatic carbocycles. The molecule has 0 spiro atoms. The molecule has 0 saturated carbocycles. The number of aryl methyl sites for hydroxylation is 2. The second-order valence-electron chi connectivity index (χ2n) is 5.07. The second kappa shape index (κ2) is 7.54. The van der Waals surface area contributed by atoms with Crippen LogP contribution in [0.3, 0.4) is 0 Å². The van der Waals surface area contributed by atoms with Gasteiger partial charge in [-0.3, -0.25) is 0 Å². The Labute approximate surface area is 135 Å². The normalized spacial score (nSPS) is 10.4. The van der Waals surface area contributed by atoms with Crippen molar-refractivity contribution >= 4 is 32.5 Å². The number of benzene rings is 2. The number of rotatable bonds is 6. The molecule has 0 aliphatic rings. The summed E-state index contributed by atoms with van der Waals surface area (Å²) in [4.78, 5) is 24.1. The Bertz CT molecular complexity index is 570. The third-order valence-corrected chi connectivity index (χ3v) is 5.88. The van der Waals surface area contributed by atoms with Gasteiger partial charge in [0.05, 0.1) is 0 Å². The van der Waals surface area contributed by atoms with E-state index in [0.29, 0.717) is 8.94 Å². The van der Waals surface area contributed by atoms with Crippen molar-refractivity contribution in [2.24, 2.45) is 0 Å². The predicted molar refractivity (Wildman–Crippen MR) is 86.4 cm³/mol. The van der Waals surface area contributed by atoms with E-state index in [1.54, 1.807) is 0 Å². The fourth-order valence-corrected chi connectivity index (χ4v) is 4.18. The first-order valence-electron chi connectivity index (χ1n) is 6.84. The van der Waals surface area contributed by atoms with Crippen LogP contribution in [0.4, 0.5) is 0 Å². The number of hydrogen-bond acceptors (Lipinski definition) is 2. The number of hydrogen-bond donors (Lipinski definition) is 0. The number of Topliss-reactive ketones (excluding diaryl/α,β-unsaturated/α-hetero) is 2. The zero-order chi connectivity index (χ0) is 15.2. The van der Waals surface area contributed by atoms with Crippen LogP contribution in [0.25, 0.3) is 0 Å². The molecule has 0 N–H and O–H groups in total. The van der Waals surface area contributed by atoms with E-state index in [2.05, 4.69) is 0 Å². The summed E-state index contributed by atoms with van der Waals surface area (Å²) in [5, 5.41) is 0. The van der Waals surface area contributed by atoms with Crippen molar-refractivity contribution in [2.75, 3.05) is 0 Å². The van der Waals surface area contributed by atoms with E-state index in [-0.39, 0.29) is 11.6 Å². The molecule has 0 heterocycles. The van der Waals surface area contributed by atoms with E-state index in [9.17, 15) is 9.59 Å². The molecule has 0 atom stereocenters. The molecule has 108 valence electrons. The van der Waals surface area contributed by atoms with Crippen LogP contribution in [0, 0.1) is 13.8 Å². The Kier molecular flexibility index (Phi) is 5.73. The molecule has 2 rings (SSSR count). The van der Waals surface area contributed by atoms with Gasteiger partial charge in [-0.05, 0) is 0 Å². The molecule has 2 aromatic rings. The Morgan fingerprint density at radius 1 is 0.714 bits per heavy atom. The second-order valence-corrected chi connectivity index (χ2v) is 7.88. The predicted octanol–water partition coefficient (Wildman–Crippen LogP) is 3.91. The summed E-state index contributed by atoms with van der Waals surface area (Å²) in [5.41, 5.74) is 3.82. The molecule has 21 heavy (non-hydrogen) atoms. The number of carbonyl (C=O) groups is 2. The van der Waals surface area contributed by atoms with Gasteiger partial charge in [-0.25, -0.2) is 0 Å². The fraction of sp³-hybridized carbons (Fsp3) is 0.222. The standard InChI is InChI=1S/C18H18O2Te/c1-13-3-7-15(8-4-13)17(19)11-21-12-18(20)16-9-5-14(2)6-10-16/h3-10H,11-12H2,1-2H3. The molecule has 0 aliphatic heterocycles. The van der Waals surface area contributed by atoms with Gasteiger partial charge < -0.3 is 0 Å². The first-order chi connectivity index (χ1) is 10.1. The summed E-state index contributed by atoms with van der Waals surface area (Å²) < 4.78 is 1.09. The van der Waals surface area contributed by atoms with Crippen molar-refractivity contribution in [2.45, 2.75) is 22.8 Å².